The van der Waals surface area contributed by atoms with E-state index in [1.54, 1.807) is 77.9 Å². The summed E-state index contributed by atoms with van der Waals surface area (Å²) >= 11 is 1.41. The molecule has 5 rings (SSSR count). The number of carbonyl (C=O) groups excluding carboxylic acids is 6. The quantitative estimate of drug-likeness (QED) is 0.0487. The summed E-state index contributed by atoms with van der Waals surface area (Å²) in [6.07, 6.45) is -1.69. The highest BCUT2D eigenvalue weighted by atomic mass is 32.1. The molecule has 0 radical (unpaired) electrons. The van der Waals surface area contributed by atoms with E-state index in [-0.39, 0.29) is 47.8 Å². The minimum atomic E-state index is -0.847. The van der Waals surface area contributed by atoms with Crippen LogP contribution >= 0.6 is 11.3 Å². The summed E-state index contributed by atoms with van der Waals surface area (Å²) in [5.41, 5.74) is 0.105. The molecule has 1 heterocycles. The molecule has 0 bridgehead atoms. The number of rotatable bonds is 9. The van der Waals surface area contributed by atoms with E-state index >= 15 is 0 Å². The number of guanidine groups is 1. The Labute approximate surface area is 334 Å². The van der Waals surface area contributed by atoms with Crippen molar-refractivity contribution in [1.82, 2.24) is 15.5 Å². The number of hydrogen-bond donors (Lipinski definition) is 2. The molecule has 0 aliphatic carbocycles. The van der Waals surface area contributed by atoms with Crippen LogP contribution in [0.1, 0.15) is 91.3 Å². The van der Waals surface area contributed by atoms with Crippen LogP contribution in [0.3, 0.4) is 0 Å². The topological polar surface area (TPSA) is 170 Å². The van der Waals surface area contributed by atoms with E-state index in [4.69, 9.17) is 14.2 Å². The number of nitrogens with one attached hydrogen (secondary N) is 2. The number of fused-ring (bicyclic) bond motifs is 2. The van der Waals surface area contributed by atoms with Gasteiger partial charge >= 0.3 is 18.2 Å². The Morgan fingerprint density at radius 3 is 1.88 bits per heavy atom. The first kappa shape index (κ1) is 41.7. The third kappa shape index (κ3) is 12.0. The molecule has 57 heavy (non-hydrogen) atoms. The van der Waals surface area contributed by atoms with Crippen molar-refractivity contribution in [3.8, 4) is 5.75 Å². The average Bonchev–Trinajstić information content (AvgIpc) is 3.53. The van der Waals surface area contributed by atoms with Crippen molar-refractivity contribution < 1.29 is 43.0 Å². The summed E-state index contributed by atoms with van der Waals surface area (Å²) in [6, 6.07) is 23.7. The number of Topliss-reactive ketones (excluding diaryl/α,β-unsaturated/α-hetero) is 2. The van der Waals surface area contributed by atoms with E-state index in [0.29, 0.717) is 21.5 Å². The van der Waals surface area contributed by atoms with Crippen LogP contribution < -0.4 is 15.4 Å². The highest BCUT2D eigenvalue weighted by Crippen LogP contribution is 2.28. The molecule has 13 nitrogen and oxygen atoms in total. The summed E-state index contributed by atoms with van der Waals surface area (Å²) in [7, 11) is 0. The second kappa shape index (κ2) is 17.2. The van der Waals surface area contributed by atoms with E-state index in [1.165, 1.54) is 54.3 Å². The minimum absolute atomic E-state index is 0.00999. The zero-order chi connectivity index (χ0) is 41.7. The van der Waals surface area contributed by atoms with Crippen molar-refractivity contribution in [1.29, 1.82) is 0 Å². The zero-order valence-electron chi connectivity index (χ0n) is 33.0. The first-order chi connectivity index (χ1) is 26.7. The molecule has 0 atom stereocenters. The third-order valence-electron chi connectivity index (χ3n) is 7.85. The van der Waals surface area contributed by atoms with Gasteiger partial charge in [0.25, 0.3) is 5.91 Å². The third-order valence-corrected chi connectivity index (χ3v) is 9.07. The number of aliphatic imine (C=N–C) groups is 1. The van der Waals surface area contributed by atoms with Gasteiger partial charge in [0.15, 0.2) is 5.78 Å². The Hall–Kier alpha value is -6.41. The molecule has 0 aliphatic heterocycles. The minimum Gasteiger partial charge on any atom is -0.444 e. The second-order valence-corrected chi connectivity index (χ2v) is 16.4. The largest absolute Gasteiger partial charge is 0.444 e. The number of ether oxygens (including phenoxy) is 3. The monoisotopic (exact) mass is 792 g/mol. The van der Waals surface area contributed by atoms with E-state index in [2.05, 4.69) is 15.6 Å². The number of alkyl carbamates (subject to hydrolysis) is 2. The Balaban J connectivity index is 1.28. The molecule has 0 saturated heterocycles. The number of ketones is 2. The lowest BCUT2D eigenvalue weighted by Crippen LogP contribution is -2.47. The van der Waals surface area contributed by atoms with Gasteiger partial charge in [0.1, 0.15) is 22.7 Å². The summed E-state index contributed by atoms with van der Waals surface area (Å²) < 4.78 is 17.2. The molecular weight excluding hydrogens is 749 g/mol. The molecule has 2 N–H and O–H groups in total. The lowest BCUT2D eigenvalue weighted by molar-refractivity contribution is -0.117. The van der Waals surface area contributed by atoms with Crippen LogP contribution in [0.15, 0.2) is 89.9 Å². The Morgan fingerprint density at radius 2 is 1.28 bits per heavy atom. The predicted molar refractivity (Wildman–Crippen MR) is 218 cm³/mol. The van der Waals surface area contributed by atoms with Gasteiger partial charge < -0.3 is 19.1 Å². The molecule has 0 saturated carbocycles. The first-order valence-corrected chi connectivity index (χ1v) is 18.8. The average molecular weight is 793 g/mol. The summed E-state index contributed by atoms with van der Waals surface area (Å²) in [5.74, 6) is -1.11. The van der Waals surface area contributed by atoms with Crippen LogP contribution in [-0.4, -0.2) is 64.2 Å². The van der Waals surface area contributed by atoms with Gasteiger partial charge in [-0.2, -0.15) is 0 Å². The number of amides is 3. The smallest absolute Gasteiger partial charge is 0.414 e. The number of carbonyl (C=O) groups is 6. The number of thiophene rings is 1. The van der Waals surface area contributed by atoms with E-state index in [1.807, 2.05) is 24.3 Å². The van der Waals surface area contributed by atoms with Crippen molar-refractivity contribution in [2.75, 3.05) is 6.54 Å². The molecule has 1 aromatic heterocycles. The normalized spacial score (nSPS) is 11.4. The van der Waals surface area contributed by atoms with Crippen molar-refractivity contribution in [3.05, 3.63) is 106 Å². The van der Waals surface area contributed by atoms with Crippen molar-refractivity contribution >= 4 is 79.5 Å². The molecule has 5 aromatic rings. The van der Waals surface area contributed by atoms with Crippen LogP contribution in [0.25, 0.3) is 20.9 Å². The highest BCUT2D eigenvalue weighted by Gasteiger charge is 2.22. The van der Waals surface area contributed by atoms with Gasteiger partial charge in [-0.05, 0) is 144 Å². The number of hydrogen-bond acceptors (Lipinski definition) is 11. The van der Waals surface area contributed by atoms with Gasteiger partial charge in [0, 0.05) is 16.8 Å². The van der Waals surface area contributed by atoms with Gasteiger partial charge in [-0.1, -0.05) is 18.2 Å². The fourth-order valence-corrected chi connectivity index (χ4v) is 6.45. The lowest BCUT2D eigenvalue weighted by atomic mass is 10.0. The molecule has 296 valence electrons. The van der Waals surface area contributed by atoms with Gasteiger partial charge in [0.2, 0.25) is 5.96 Å². The van der Waals surface area contributed by atoms with Crippen LogP contribution in [0.4, 0.5) is 15.3 Å². The fraction of sp³-hybridized carbons (Fsp3) is 0.279. The van der Waals surface area contributed by atoms with E-state index in [9.17, 15) is 28.8 Å². The Kier molecular flexibility index (Phi) is 12.6. The molecule has 0 fully saturated rings. The molecule has 0 aliphatic rings. The lowest BCUT2D eigenvalue weighted by Gasteiger charge is -2.22. The molecule has 0 unspecified atom stereocenters. The standard InChI is InChI=1S/C43H44N4O9S/c1-25(48)23-47(24-27-9-18-35-32(19-27)22-36(57-35)26(2)49)37(50)31-11-10-30-21-34(17-14-29(30)20-31)54-38(51)28-12-15-33(16-13-28)44-39(45-40(52)55-42(3,4)5)46-41(53)56-43(6,7)8/h9-22H,23-24H2,1-8H3,(H2,44,45,46,52,53). The van der Waals surface area contributed by atoms with Crippen LogP contribution in [0.5, 0.6) is 5.75 Å². The Bertz CT molecular complexity index is 2370. The molecule has 4 aromatic carbocycles. The number of nitrogens with zero attached hydrogens (tertiary/aromatic N) is 2. The van der Waals surface area contributed by atoms with Gasteiger partial charge in [0.05, 0.1) is 22.7 Å². The molecule has 3 amide bonds. The maximum Gasteiger partial charge on any atom is 0.414 e. The maximum atomic E-state index is 13.7. The van der Waals surface area contributed by atoms with Crippen molar-refractivity contribution in [3.63, 3.8) is 0 Å². The van der Waals surface area contributed by atoms with E-state index < -0.39 is 29.4 Å². The van der Waals surface area contributed by atoms with Crippen LogP contribution in [0.2, 0.25) is 0 Å². The van der Waals surface area contributed by atoms with Crippen molar-refractivity contribution in [2.45, 2.75) is 73.1 Å². The number of benzene rings is 4. The van der Waals surface area contributed by atoms with Gasteiger partial charge in [-0.15, -0.1) is 11.3 Å². The molecule has 14 heteroatoms. The summed E-state index contributed by atoms with van der Waals surface area (Å²) in [6.45, 7) is 13.2. The fourth-order valence-electron chi connectivity index (χ4n) is 5.51. The summed E-state index contributed by atoms with van der Waals surface area (Å²) in [5, 5.41) is 7.15. The Morgan fingerprint density at radius 1 is 0.684 bits per heavy atom. The van der Waals surface area contributed by atoms with Crippen LogP contribution in [-0.2, 0) is 20.8 Å². The molecular formula is C43H44N4O9S. The molecule has 0 spiro atoms. The SMILES string of the molecule is CC(=O)CN(Cc1ccc2sc(C(C)=O)cc2c1)C(=O)c1ccc2cc(OC(=O)c3ccc(N=C(NC(=O)OC(C)(C)C)NC(=O)OC(C)(C)C)cc3)ccc2c1. The van der Waals surface area contributed by atoms with Gasteiger partial charge in [-0.25, -0.2) is 19.4 Å². The summed E-state index contributed by atoms with van der Waals surface area (Å²) in [4.78, 5) is 82.2. The highest BCUT2D eigenvalue weighted by molar-refractivity contribution is 7.20. The number of esters is 1. The van der Waals surface area contributed by atoms with Gasteiger partial charge in [-0.3, -0.25) is 25.0 Å². The maximum absolute atomic E-state index is 13.7. The first-order valence-electron chi connectivity index (χ1n) is 18.0. The van der Waals surface area contributed by atoms with E-state index in [0.717, 1.165) is 21.0 Å². The zero-order valence-corrected chi connectivity index (χ0v) is 33.8. The second-order valence-electron chi connectivity index (χ2n) is 15.3. The van der Waals surface area contributed by atoms with Crippen LogP contribution in [0, 0.1) is 0 Å². The predicted octanol–water partition coefficient (Wildman–Crippen LogP) is 8.74. The van der Waals surface area contributed by atoms with Crippen molar-refractivity contribution in [2.24, 2.45) is 4.99 Å².